The van der Waals surface area contributed by atoms with Crippen LogP contribution in [-0.4, -0.2) is 82.3 Å². The smallest absolute Gasteiger partial charge is 0.306 e. The molecule has 9 nitrogen and oxygen atoms in total. The van der Waals surface area contributed by atoms with Gasteiger partial charge < -0.3 is 33.3 Å². The summed E-state index contributed by atoms with van der Waals surface area (Å²) in [6, 6.07) is 0. The van der Waals surface area contributed by atoms with E-state index in [9.17, 15) is 19.5 Å². The number of carboxylic acid groups (broad SMARTS) is 1. The molecule has 2 unspecified atom stereocenters. The fourth-order valence-electron chi connectivity index (χ4n) is 10.1. The molecule has 0 aromatic carbocycles. The summed E-state index contributed by atoms with van der Waals surface area (Å²) in [7, 11) is 5.93. The first kappa shape index (κ1) is 87.9. The molecule has 0 radical (unpaired) electrons. The molecule has 0 fully saturated rings. The van der Waals surface area contributed by atoms with Crippen molar-refractivity contribution >= 4 is 17.9 Å². The minimum Gasteiger partial charge on any atom is -0.545 e. The molecule has 0 spiro atoms. The van der Waals surface area contributed by atoms with Crippen LogP contribution in [0.15, 0.2) is 158 Å². The van der Waals surface area contributed by atoms with E-state index in [0.29, 0.717) is 17.4 Å². The van der Waals surface area contributed by atoms with Crippen LogP contribution in [0, 0.1) is 0 Å². The highest BCUT2D eigenvalue weighted by Crippen LogP contribution is 2.17. The van der Waals surface area contributed by atoms with E-state index in [2.05, 4.69) is 172 Å². The van der Waals surface area contributed by atoms with Crippen molar-refractivity contribution in [2.45, 2.75) is 309 Å². The molecular formula is C84H139NO8. The SMILES string of the molecule is CC/C=C\C/C=C\C/C=C\C/C=C\C/C=C\C/C=C\C/C=C\C/C=C\CCCCCCCCCCC(=O)OC(COC(=O)CCCCCCCCCCCCCCCCCCCCC/C=C\C/C=C\C/C=C\C/C=C\C/C=C\CC)COC(OCC[N+](C)(C)C)C(=O)[O-]. The van der Waals surface area contributed by atoms with Gasteiger partial charge in [0.2, 0.25) is 0 Å². The number of rotatable bonds is 68. The molecule has 93 heavy (non-hydrogen) atoms. The summed E-state index contributed by atoms with van der Waals surface area (Å²) >= 11 is 0. The van der Waals surface area contributed by atoms with Crippen LogP contribution in [0.3, 0.4) is 0 Å². The van der Waals surface area contributed by atoms with E-state index >= 15 is 0 Å². The molecule has 0 rings (SSSR count). The lowest BCUT2D eigenvalue weighted by Gasteiger charge is -2.26. The molecule has 0 aromatic heterocycles. The lowest BCUT2D eigenvalue weighted by molar-refractivity contribution is -0.870. The highest BCUT2D eigenvalue weighted by atomic mass is 16.7. The fraction of sp³-hybridized carbons (Fsp3) is 0.655. The van der Waals surface area contributed by atoms with Gasteiger partial charge in [-0.2, -0.15) is 0 Å². The van der Waals surface area contributed by atoms with E-state index in [0.717, 1.165) is 128 Å². The van der Waals surface area contributed by atoms with Gasteiger partial charge in [0, 0.05) is 12.8 Å². The molecule has 528 valence electrons. The van der Waals surface area contributed by atoms with E-state index < -0.39 is 24.3 Å². The van der Waals surface area contributed by atoms with Gasteiger partial charge in [0.05, 0.1) is 40.3 Å². The summed E-state index contributed by atoms with van der Waals surface area (Å²) in [5, 5.41) is 11.9. The lowest BCUT2D eigenvalue weighted by atomic mass is 10.0. The molecule has 0 bridgehead atoms. The van der Waals surface area contributed by atoms with Crippen molar-refractivity contribution in [1.29, 1.82) is 0 Å². The third-order valence-corrected chi connectivity index (χ3v) is 15.8. The number of allylic oxidation sites excluding steroid dienone is 26. The number of quaternary nitrogens is 1. The van der Waals surface area contributed by atoms with Crippen molar-refractivity contribution in [3.05, 3.63) is 158 Å². The maximum absolute atomic E-state index is 13.0. The van der Waals surface area contributed by atoms with Gasteiger partial charge in [0.15, 0.2) is 12.4 Å². The number of aliphatic carboxylic acids is 1. The maximum Gasteiger partial charge on any atom is 0.306 e. The molecule has 0 aliphatic heterocycles. The Balaban J connectivity index is 4.12. The zero-order valence-corrected chi connectivity index (χ0v) is 60.3. The third-order valence-electron chi connectivity index (χ3n) is 15.8. The average molecular weight is 1290 g/mol. The number of likely N-dealkylation sites (N-methyl/N-ethyl adjacent to an activating group) is 1. The predicted molar refractivity (Wildman–Crippen MR) is 398 cm³/mol. The molecule has 0 aromatic rings. The van der Waals surface area contributed by atoms with E-state index in [4.69, 9.17) is 18.9 Å². The summed E-state index contributed by atoms with van der Waals surface area (Å²) in [4.78, 5) is 37.6. The quantitative estimate of drug-likeness (QED) is 0.0195. The first-order valence-electron chi connectivity index (χ1n) is 37.6. The van der Waals surface area contributed by atoms with E-state index in [1.165, 1.54) is 135 Å². The standard InChI is InChI=1S/C84H139NO8/c1-6-8-10-12-14-16-18-20-22-24-26-28-30-32-34-36-38-40-41-43-44-46-48-50-52-54-56-58-60-62-64-66-68-70-72-74-81(86)91-78-80(79-92-84(83(88)89)90-77-76-85(3,4)5)93-82(87)75-73-71-69-67-65-63-61-59-57-55-53-51-49-47-45-42-39-37-35-33-31-29-27-25-23-21-19-17-15-13-11-9-7-2/h8-11,14-17,20-23,26-29,32-35,39,42,47,49,53,55,80,84H,6-7,12-13,18-19,24-25,30-31,36-38,40-41,43-46,48,50-52,54,56-79H2,1-5H3/b10-8-,11-9-,16-14-,17-15-,22-20-,23-21-,28-26-,29-27-,34-32-,35-33-,42-39-,49-47-,55-53-. The number of hydrogen-bond acceptors (Lipinski definition) is 8. The number of ether oxygens (including phenoxy) is 4. The Bertz CT molecular complexity index is 2090. The van der Waals surface area contributed by atoms with Crippen LogP contribution in [0.1, 0.15) is 296 Å². The maximum atomic E-state index is 13.0. The first-order chi connectivity index (χ1) is 45.6. The summed E-state index contributed by atoms with van der Waals surface area (Å²) in [5.74, 6) is -2.30. The van der Waals surface area contributed by atoms with Gasteiger partial charge in [-0.15, -0.1) is 0 Å². The van der Waals surface area contributed by atoms with Crippen LogP contribution in [0.4, 0.5) is 0 Å². The number of carboxylic acids is 1. The van der Waals surface area contributed by atoms with Gasteiger partial charge >= 0.3 is 11.9 Å². The monoisotopic (exact) mass is 1290 g/mol. The number of nitrogens with zero attached hydrogens (tertiary/aromatic N) is 1. The van der Waals surface area contributed by atoms with Gasteiger partial charge in [-0.25, -0.2) is 0 Å². The molecule has 9 heteroatoms. The van der Waals surface area contributed by atoms with E-state index in [1.807, 2.05) is 21.1 Å². The minimum atomic E-state index is -1.63. The van der Waals surface area contributed by atoms with Gasteiger partial charge in [-0.05, 0) is 122 Å². The van der Waals surface area contributed by atoms with Crippen molar-refractivity contribution in [3.63, 3.8) is 0 Å². The Morgan fingerprint density at radius 3 is 0.860 bits per heavy atom. The molecule has 0 aliphatic carbocycles. The third kappa shape index (κ3) is 74.2. The largest absolute Gasteiger partial charge is 0.545 e. The highest BCUT2D eigenvalue weighted by molar-refractivity contribution is 5.70. The highest BCUT2D eigenvalue weighted by Gasteiger charge is 2.22. The Morgan fingerprint density at radius 2 is 0.581 bits per heavy atom. The zero-order valence-electron chi connectivity index (χ0n) is 60.3. The molecule has 2 atom stereocenters. The van der Waals surface area contributed by atoms with Crippen molar-refractivity contribution in [3.8, 4) is 0 Å². The van der Waals surface area contributed by atoms with Crippen LogP contribution in [0.2, 0.25) is 0 Å². The van der Waals surface area contributed by atoms with Crippen molar-refractivity contribution in [2.24, 2.45) is 0 Å². The normalized spacial score (nSPS) is 13.6. The van der Waals surface area contributed by atoms with Crippen molar-refractivity contribution < 1.29 is 42.9 Å². The second-order valence-electron chi connectivity index (χ2n) is 25.8. The minimum absolute atomic E-state index is 0.140. The average Bonchev–Trinajstić information content (AvgIpc) is 3.74. The van der Waals surface area contributed by atoms with Gasteiger partial charge in [0.25, 0.3) is 0 Å². The summed E-state index contributed by atoms with van der Waals surface area (Å²) in [6.07, 6.45) is 105. The number of carbonyl (C=O) groups is 3. The molecule has 0 saturated carbocycles. The van der Waals surface area contributed by atoms with Gasteiger partial charge in [0.1, 0.15) is 13.2 Å². The lowest BCUT2D eigenvalue weighted by Crippen LogP contribution is -2.44. The Hall–Kier alpha value is -5.09. The number of hydrogen-bond donors (Lipinski definition) is 0. The number of carbonyl (C=O) groups excluding carboxylic acids is 3. The number of esters is 2. The van der Waals surface area contributed by atoms with Crippen LogP contribution in [-0.2, 0) is 33.3 Å². The van der Waals surface area contributed by atoms with Crippen LogP contribution < -0.4 is 5.11 Å². The Labute approximate surface area is 572 Å². The molecule has 0 amide bonds. The van der Waals surface area contributed by atoms with Gasteiger partial charge in [-0.1, -0.05) is 320 Å². The molecule has 0 saturated heterocycles. The van der Waals surface area contributed by atoms with Crippen molar-refractivity contribution in [1.82, 2.24) is 0 Å². The van der Waals surface area contributed by atoms with Crippen LogP contribution in [0.5, 0.6) is 0 Å². The zero-order chi connectivity index (χ0) is 67.5. The molecule has 0 heterocycles. The molecular weight excluding hydrogens is 1150 g/mol. The first-order valence-corrected chi connectivity index (χ1v) is 37.6. The molecule has 0 N–H and O–H groups in total. The summed E-state index contributed by atoms with van der Waals surface area (Å²) in [5.41, 5.74) is 0. The number of unbranched alkanes of at least 4 members (excludes halogenated alkanes) is 27. The second-order valence-corrected chi connectivity index (χ2v) is 25.8. The molecule has 0 aliphatic rings. The topological polar surface area (TPSA) is 111 Å². The summed E-state index contributed by atoms with van der Waals surface area (Å²) in [6.45, 7) is 4.52. The second kappa shape index (κ2) is 72.7. The Kier molecular flexibility index (Phi) is 68.8. The van der Waals surface area contributed by atoms with Crippen molar-refractivity contribution in [2.75, 3.05) is 47.5 Å². The predicted octanol–water partition coefficient (Wildman–Crippen LogP) is 22.7. The van der Waals surface area contributed by atoms with E-state index in [1.54, 1.807) is 0 Å². The van der Waals surface area contributed by atoms with Crippen LogP contribution in [0.25, 0.3) is 0 Å². The Morgan fingerprint density at radius 1 is 0.323 bits per heavy atom. The van der Waals surface area contributed by atoms with Crippen LogP contribution >= 0.6 is 0 Å². The van der Waals surface area contributed by atoms with Gasteiger partial charge in [-0.3, -0.25) is 9.59 Å². The fourth-order valence-corrected chi connectivity index (χ4v) is 10.1. The van der Waals surface area contributed by atoms with E-state index in [-0.39, 0.29) is 38.6 Å². The summed E-state index contributed by atoms with van der Waals surface area (Å²) < 4.78 is 22.8.